The molecule has 0 radical (unpaired) electrons. The van der Waals surface area contributed by atoms with Gasteiger partial charge in [-0.2, -0.15) is 0 Å². The smallest absolute Gasteiger partial charge is 0.139 e. The number of hydrogen-bond acceptors (Lipinski definition) is 4. The molecule has 1 saturated heterocycles. The molecule has 0 aromatic heterocycles. The highest BCUT2D eigenvalue weighted by atomic mass is 35.5. The summed E-state index contributed by atoms with van der Waals surface area (Å²) in [6, 6.07) is 5.88. The molecular formula is C12H17ClN2O2. The van der Waals surface area contributed by atoms with Gasteiger partial charge in [-0.25, -0.2) is 0 Å². The van der Waals surface area contributed by atoms with Crippen molar-refractivity contribution in [3.63, 3.8) is 0 Å². The van der Waals surface area contributed by atoms with Gasteiger partial charge in [0, 0.05) is 37.4 Å². The number of aliphatic hydroxyl groups is 1. The number of nitrogens with zero attached hydrogens (tertiary/aromatic N) is 1. The molecule has 0 unspecified atom stereocenters. The van der Waals surface area contributed by atoms with Crippen LogP contribution in [0.15, 0.2) is 18.2 Å². The lowest BCUT2D eigenvalue weighted by Gasteiger charge is -2.34. The van der Waals surface area contributed by atoms with Crippen LogP contribution in [0.25, 0.3) is 0 Å². The number of anilines is 1. The maximum absolute atomic E-state index is 9.17. The van der Waals surface area contributed by atoms with Crippen molar-refractivity contribution >= 4 is 17.3 Å². The van der Waals surface area contributed by atoms with Crippen molar-refractivity contribution < 1.29 is 9.84 Å². The van der Waals surface area contributed by atoms with Crippen LogP contribution in [0.3, 0.4) is 0 Å². The number of rotatable bonds is 3. The monoisotopic (exact) mass is 256 g/mol. The number of benzene rings is 1. The molecule has 0 amide bonds. The molecule has 1 aliphatic heterocycles. The van der Waals surface area contributed by atoms with Gasteiger partial charge in [0.2, 0.25) is 0 Å². The number of halogens is 1. The van der Waals surface area contributed by atoms with E-state index in [2.05, 4.69) is 10.2 Å². The molecule has 1 aromatic carbocycles. The highest BCUT2D eigenvalue weighted by molar-refractivity contribution is 6.32. The molecule has 17 heavy (non-hydrogen) atoms. The Bertz CT molecular complexity index is 387. The third-order valence-electron chi connectivity index (χ3n) is 2.98. The van der Waals surface area contributed by atoms with Crippen molar-refractivity contribution in [1.82, 2.24) is 5.32 Å². The number of hydrogen-bond donors (Lipinski definition) is 2. The molecule has 2 N–H and O–H groups in total. The Balaban J connectivity index is 2.16. The van der Waals surface area contributed by atoms with Crippen LogP contribution in [0, 0.1) is 0 Å². The molecular weight excluding hydrogens is 240 g/mol. The number of nitrogens with one attached hydrogen (secondary N) is 1. The van der Waals surface area contributed by atoms with E-state index in [1.807, 2.05) is 18.2 Å². The topological polar surface area (TPSA) is 44.7 Å². The van der Waals surface area contributed by atoms with Crippen molar-refractivity contribution in [3.8, 4) is 5.75 Å². The van der Waals surface area contributed by atoms with Crippen molar-refractivity contribution in [1.29, 1.82) is 0 Å². The van der Waals surface area contributed by atoms with Gasteiger partial charge in [-0.15, -0.1) is 0 Å². The summed E-state index contributed by atoms with van der Waals surface area (Å²) in [4.78, 5) is 2.22. The van der Waals surface area contributed by atoms with E-state index in [0.29, 0.717) is 10.8 Å². The molecule has 0 spiro atoms. The number of aliphatic hydroxyl groups excluding tert-OH is 1. The largest absolute Gasteiger partial charge is 0.495 e. The normalized spacial score (nSPS) is 20.4. The molecule has 1 aliphatic rings. The molecule has 1 heterocycles. The van der Waals surface area contributed by atoms with Crippen molar-refractivity contribution in [2.45, 2.75) is 6.04 Å². The summed E-state index contributed by atoms with van der Waals surface area (Å²) >= 11 is 6.00. The molecule has 1 aromatic rings. The van der Waals surface area contributed by atoms with Gasteiger partial charge in [-0.3, -0.25) is 0 Å². The van der Waals surface area contributed by atoms with Gasteiger partial charge in [0.1, 0.15) is 5.75 Å². The van der Waals surface area contributed by atoms with E-state index in [0.717, 1.165) is 25.3 Å². The van der Waals surface area contributed by atoms with Crippen LogP contribution in [0.1, 0.15) is 0 Å². The van der Waals surface area contributed by atoms with Crippen LogP contribution in [0.5, 0.6) is 5.75 Å². The summed E-state index contributed by atoms with van der Waals surface area (Å²) in [5.74, 6) is 0.684. The predicted molar refractivity (Wildman–Crippen MR) is 69.1 cm³/mol. The number of methoxy groups -OCH3 is 1. The Kier molecular flexibility index (Phi) is 4.10. The second kappa shape index (κ2) is 5.58. The first-order chi connectivity index (χ1) is 8.24. The van der Waals surface area contributed by atoms with Gasteiger partial charge < -0.3 is 20.1 Å². The SMILES string of the molecule is COc1cc(N2CCN[C@@H](CO)C2)ccc1Cl. The lowest BCUT2D eigenvalue weighted by atomic mass is 10.2. The molecule has 0 aliphatic carbocycles. The number of piperazine rings is 1. The van der Waals surface area contributed by atoms with E-state index < -0.39 is 0 Å². The predicted octanol–water partition coefficient (Wildman–Crippen LogP) is 1.12. The Hall–Kier alpha value is -0.970. The maximum atomic E-state index is 9.17. The Morgan fingerprint density at radius 2 is 2.41 bits per heavy atom. The zero-order valence-electron chi connectivity index (χ0n) is 9.82. The fourth-order valence-electron chi connectivity index (χ4n) is 2.03. The van der Waals surface area contributed by atoms with Gasteiger partial charge in [0.15, 0.2) is 0 Å². The zero-order chi connectivity index (χ0) is 12.3. The highest BCUT2D eigenvalue weighted by Gasteiger charge is 2.19. The molecule has 94 valence electrons. The maximum Gasteiger partial charge on any atom is 0.139 e. The van der Waals surface area contributed by atoms with Gasteiger partial charge in [-0.05, 0) is 12.1 Å². The fourth-order valence-corrected chi connectivity index (χ4v) is 2.22. The molecule has 5 heteroatoms. The van der Waals surface area contributed by atoms with Crippen LogP contribution < -0.4 is 15.0 Å². The summed E-state index contributed by atoms with van der Waals surface area (Å²) in [5, 5.41) is 13.0. The Labute approximate surface area is 106 Å². The van der Waals surface area contributed by atoms with Crippen LogP contribution in [0.2, 0.25) is 5.02 Å². The minimum Gasteiger partial charge on any atom is -0.495 e. The third-order valence-corrected chi connectivity index (χ3v) is 3.29. The van der Waals surface area contributed by atoms with E-state index in [1.54, 1.807) is 7.11 Å². The first kappa shape index (κ1) is 12.5. The van der Waals surface area contributed by atoms with Crippen molar-refractivity contribution in [2.75, 3.05) is 38.3 Å². The lowest BCUT2D eigenvalue weighted by Crippen LogP contribution is -2.52. The molecule has 2 rings (SSSR count). The fraction of sp³-hybridized carbons (Fsp3) is 0.500. The van der Waals surface area contributed by atoms with E-state index in [-0.39, 0.29) is 12.6 Å². The zero-order valence-corrected chi connectivity index (χ0v) is 10.6. The average Bonchev–Trinajstić information content (AvgIpc) is 2.39. The highest BCUT2D eigenvalue weighted by Crippen LogP contribution is 2.29. The van der Waals surface area contributed by atoms with E-state index in [1.165, 1.54) is 0 Å². The lowest BCUT2D eigenvalue weighted by molar-refractivity contribution is 0.235. The summed E-state index contributed by atoms with van der Waals surface area (Å²) in [7, 11) is 1.61. The number of ether oxygens (including phenoxy) is 1. The minimum absolute atomic E-state index is 0.130. The third kappa shape index (κ3) is 2.83. The van der Waals surface area contributed by atoms with Gasteiger partial charge in [0.05, 0.1) is 18.7 Å². The van der Waals surface area contributed by atoms with Crippen molar-refractivity contribution in [3.05, 3.63) is 23.2 Å². The summed E-state index contributed by atoms with van der Waals surface area (Å²) in [6.07, 6.45) is 0. The van der Waals surface area contributed by atoms with Crippen LogP contribution in [0.4, 0.5) is 5.69 Å². The first-order valence-corrected chi connectivity index (χ1v) is 6.05. The van der Waals surface area contributed by atoms with E-state index in [4.69, 9.17) is 21.4 Å². The second-order valence-corrected chi connectivity index (χ2v) is 4.51. The summed E-state index contributed by atoms with van der Waals surface area (Å²) < 4.78 is 5.21. The first-order valence-electron chi connectivity index (χ1n) is 5.67. The second-order valence-electron chi connectivity index (χ2n) is 4.10. The average molecular weight is 257 g/mol. The van der Waals surface area contributed by atoms with Crippen LogP contribution in [-0.2, 0) is 0 Å². The molecule has 0 bridgehead atoms. The van der Waals surface area contributed by atoms with Crippen molar-refractivity contribution in [2.24, 2.45) is 0 Å². The molecule has 1 fully saturated rings. The van der Waals surface area contributed by atoms with Gasteiger partial charge in [0.25, 0.3) is 0 Å². The molecule has 0 saturated carbocycles. The van der Waals surface area contributed by atoms with E-state index in [9.17, 15) is 0 Å². The summed E-state index contributed by atoms with van der Waals surface area (Å²) in [5.41, 5.74) is 1.08. The van der Waals surface area contributed by atoms with Crippen LogP contribution in [-0.4, -0.2) is 44.5 Å². The Morgan fingerprint density at radius 1 is 1.59 bits per heavy atom. The van der Waals surface area contributed by atoms with Crippen LogP contribution >= 0.6 is 11.6 Å². The summed E-state index contributed by atoms with van der Waals surface area (Å²) in [6.45, 7) is 2.74. The van der Waals surface area contributed by atoms with Gasteiger partial charge >= 0.3 is 0 Å². The quantitative estimate of drug-likeness (QED) is 0.851. The van der Waals surface area contributed by atoms with Gasteiger partial charge in [-0.1, -0.05) is 11.6 Å². The Morgan fingerprint density at radius 3 is 3.12 bits per heavy atom. The molecule has 4 nitrogen and oxygen atoms in total. The van der Waals surface area contributed by atoms with E-state index >= 15 is 0 Å². The minimum atomic E-state index is 0.130. The molecule has 1 atom stereocenters. The standard InChI is InChI=1S/C12H17ClN2O2/c1-17-12-6-10(2-3-11(12)13)15-5-4-14-9(7-15)8-16/h2-3,6,9,14,16H,4-5,7-8H2,1H3/t9-/m1/s1.